The van der Waals surface area contributed by atoms with E-state index < -0.39 is 0 Å². The van der Waals surface area contributed by atoms with E-state index in [4.69, 9.17) is 14.2 Å². The highest BCUT2D eigenvalue weighted by Gasteiger charge is 2.32. The van der Waals surface area contributed by atoms with Crippen LogP contribution in [0.15, 0.2) is 66.7 Å². The summed E-state index contributed by atoms with van der Waals surface area (Å²) in [6.45, 7) is 1.40. The highest BCUT2D eigenvalue weighted by Crippen LogP contribution is 2.36. The van der Waals surface area contributed by atoms with E-state index >= 15 is 0 Å². The average molecular weight is 543 g/mol. The van der Waals surface area contributed by atoms with Crippen LogP contribution in [0.25, 0.3) is 11.4 Å². The molecular formula is C30H34N6O4. The van der Waals surface area contributed by atoms with Gasteiger partial charge in [0.15, 0.2) is 11.5 Å². The number of rotatable bonds is 9. The quantitative estimate of drug-likeness (QED) is 0.339. The maximum absolute atomic E-state index is 13.3. The van der Waals surface area contributed by atoms with E-state index in [0.717, 1.165) is 41.8 Å². The summed E-state index contributed by atoms with van der Waals surface area (Å²) in [5, 5.41) is 16.1. The van der Waals surface area contributed by atoms with Gasteiger partial charge in [-0.25, -0.2) is 0 Å². The first kappa shape index (κ1) is 27.1. The lowest BCUT2D eigenvalue weighted by molar-refractivity contribution is 0.0786. The van der Waals surface area contributed by atoms with Gasteiger partial charge in [0.2, 0.25) is 5.82 Å². The Bertz CT molecular complexity index is 1440. The standard InChI is InChI=1S/C30H34N6O4/c1-35-17-5-6-25(23-13-16-26(39-3)27(18-23)40-4)29(35)31-30(37)22-11-9-21(10-12-22)28-32-34-36(33-28)19-20-7-14-24(38-2)15-8-20/h7-16,18,25,29H,5-6,17,19H2,1-4H3,(H,31,37). The summed E-state index contributed by atoms with van der Waals surface area (Å²) in [7, 11) is 6.94. The minimum Gasteiger partial charge on any atom is -0.497 e. The monoisotopic (exact) mass is 542 g/mol. The van der Waals surface area contributed by atoms with Gasteiger partial charge in [0.05, 0.1) is 34.0 Å². The molecule has 1 aromatic heterocycles. The van der Waals surface area contributed by atoms with Gasteiger partial charge in [-0.1, -0.05) is 30.3 Å². The summed E-state index contributed by atoms with van der Waals surface area (Å²) < 4.78 is 16.1. The Labute approximate surface area is 233 Å². The van der Waals surface area contributed by atoms with Crippen molar-refractivity contribution in [3.05, 3.63) is 83.4 Å². The summed E-state index contributed by atoms with van der Waals surface area (Å²) >= 11 is 0. The number of piperidine rings is 1. The molecule has 10 nitrogen and oxygen atoms in total. The Morgan fingerprint density at radius 2 is 1.70 bits per heavy atom. The molecule has 0 bridgehead atoms. The molecule has 1 saturated heterocycles. The number of amides is 1. The Morgan fingerprint density at radius 3 is 2.40 bits per heavy atom. The summed E-state index contributed by atoms with van der Waals surface area (Å²) in [6, 6.07) is 21.0. The van der Waals surface area contributed by atoms with Crippen LogP contribution < -0.4 is 19.5 Å². The van der Waals surface area contributed by atoms with E-state index in [1.165, 1.54) is 0 Å². The number of tetrazole rings is 1. The molecule has 2 unspecified atom stereocenters. The number of hydrogen-bond acceptors (Lipinski definition) is 8. The molecule has 1 aliphatic heterocycles. The van der Waals surface area contributed by atoms with Crippen molar-refractivity contribution in [3.63, 3.8) is 0 Å². The Balaban J connectivity index is 1.27. The number of methoxy groups -OCH3 is 3. The molecule has 0 radical (unpaired) electrons. The van der Waals surface area contributed by atoms with Gasteiger partial charge >= 0.3 is 0 Å². The molecule has 208 valence electrons. The number of likely N-dealkylation sites (tertiary alicyclic amines) is 1. The first-order valence-electron chi connectivity index (χ1n) is 13.2. The van der Waals surface area contributed by atoms with E-state index in [-0.39, 0.29) is 18.0 Å². The van der Waals surface area contributed by atoms with E-state index in [1.54, 1.807) is 38.3 Å². The molecule has 4 aromatic rings. The number of nitrogens with zero attached hydrogens (tertiary/aromatic N) is 5. The second-order valence-electron chi connectivity index (χ2n) is 9.83. The third-order valence-corrected chi connectivity index (χ3v) is 7.34. The molecule has 1 amide bonds. The van der Waals surface area contributed by atoms with Crippen LogP contribution in [0.1, 0.15) is 40.2 Å². The lowest BCUT2D eigenvalue weighted by Gasteiger charge is -2.40. The molecule has 0 aliphatic carbocycles. The van der Waals surface area contributed by atoms with Gasteiger partial charge in [-0.15, -0.1) is 10.2 Å². The van der Waals surface area contributed by atoms with Crippen molar-refractivity contribution in [2.24, 2.45) is 0 Å². The van der Waals surface area contributed by atoms with Gasteiger partial charge in [-0.05, 0) is 79.2 Å². The van der Waals surface area contributed by atoms with Crippen molar-refractivity contribution in [1.82, 2.24) is 30.4 Å². The molecule has 2 atom stereocenters. The summed E-state index contributed by atoms with van der Waals surface area (Å²) in [6.07, 6.45) is 1.85. The van der Waals surface area contributed by atoms with E-state index in [1.807, 2.05) is 61.6 Å². The van der Waals surface area contributed by atoms with Crippen molar-refractivity contribution >= 4 is 5.91 Å². The molecule has 1 fully saturated rings. The third-order valence-electron chi connectivity index (χ3n) is 7.34. The molecule has 2 heterocycles. The topological polar surface area (TPSA) is 104 Å². The van der Waals surface area contributed by atoms with Crippen LogP contribution in [-0.2, 0) is 6.54 Å². The maximum atomic E-state index is 13.3. The molecule has 1 aliphatic rings. The third kappa shape index (κ3) is 5.91. The fourth-order valence-corrected chi connectivity index (χ4v) is 5.12. The van der Waals surface area contributed by atoms with E-state index in [2.05, 4.69) is 25.6 Å². The Morgan fingerprint density at radius 1 is 0.950 bits per heavy atom. The van der Waals surface area contributed by atoms with Crippen LogP contribution in [0.5, 0.6) is 17.2 Å². The van der Waals surface area contributed by atoms with Crippen LogP contribution in [0.3, 0.4) is 0 Å². The normalized spacial score (nSPS) is 17.3. The van der Waals surface area contributed by atoms with Gasteiger partial charge in [0, 0.05) is 17.0 Å². The zero-order valence-corrected chi connectivity index (χ0v) is 23.2. The van der Waals surface area contributed by atoms with Gasteiger partial charge in [0.1, 0.15) is 5.75 Å². The summed E-state index contributed by atoms with van der Waals surface area (Å²) in [4.78, 5) is 17.1. The number of benzene rings is 3. The van der Waals surface area contributed by atoms with Crippen molar-refractivity contribution in [2.75, 3.05) is 34.9 Å². The van der Waals surface area contributed by atoms with Gasteiger partial charge in [0.25, 0.3) is 5.91 Å². The van der Waals surface area contributed by atoms with Crippen molar-refractivity contribution in [3.8, 4) is 28.6 Å². The molecule has 40 heavy (non-hydrogen) atoms. The van der Waals surface area contributed by atoms with Crippen LogP contribution in [0, 0.1) is 0 Å². The molecule has 5 rings (SSSR count). The number of aromatic nitrogens is 4. The Hall–Kier alpha value is -4.44. The number of nitrogens with one attached hydrogen (secondary N) is 1. The zero-order valence-electron chi connectivity index (χ0n) is 23.2. The predicted molar refractivity (Wildman–Crippen MR) is 151 cm³/mol. The van der Waals surface area contributed by atoms with Crippen molar-refractivity contribution in [2.45, 2.75) is 31.5 Å². The number of carbonyl (C=O) groups excluding carboxylic acids is 1. The van der Waals surface area contributed by atoms with Crippen LogP contribution in [0.2, 0.25) is 0 Å². The fourth-order valence-electron chi connectivity index (χ4n) is 5.12. The van der Waals surface area contributed by atoms with Crippen LogP contribution >= 0.6 is 0 Å². The second-order valence-corrected chi connectivity index (χ2v) is 9.83. The van der Waals surface area contributed by atoms with E-state index in [0.29, 0.717) is 29.4 Å². The fraction of sp³-hybridized carbons (Fsp3) is 0.333. The molecule has 0 saturated carbocycles. The van der Waals surface area contributed by atoms with E-state index in [9.17, 15) is 4.79 Å². The zero-order chi connectivity index (χ0) is 28.1. The van der Waals surface area contributed by atoms with Gasteiger partial charge in [-0.3, -0.25) is 9.69 Å². The molecule has 0 spiro atoms. The largest absolute Gasteiger partial charge is 0.497 e. The molecule has 1 N–H and O–H groups in total. The smallest absolute Gasteiger partial charge is 0.252 e. The highest BCUT2D eigenvalue weighted by atomic mass is 16.5. The average Bonchev–Trinajstić information content (AvgIpc) is 3.46. The highest BCUT2D eigenvalue weighted by molar-refractivity contribution is 5.94. The first-order valence-corrected chi connectivity index (χ1v) is 13.2. The first-order chi connectivity index (χ1) is 19.5. The van der Waals surface area contributed by atoms with Crippen LogP contribution in [0.4, 0.5) is 0 Å². The SMILES string of the molecule is COc1ccc(Cn2nnc(-c3ccc(C(=O)NC4C(c5ccc(OC)c(OC)c5)CCCN4C)cc3)n2)cc1. The predicted octanol–water partition coefficient (Wildman–Crippen LogP) is 3.98. The van der Waals surface area contributed by atoms with Crippen molar-refractivity contribution in [1.29, 1.82) is 0 Å². The Kier molecular flexibility index (Phi) is 8.26. The van der Waals surface area contributed by atoms with Gasteiger partial charge in [-0.2, -0.15) is 4.80 Å². The number of carbonyl (C=O) groups is 1. The number of likely N-dealkylation sites (N-methyl/N-ethyl adjacent to an activating group) is 1. The summed E-state index contributed by atoms with van der Waals surface area (Å²) in [5.41, 5.74) is 3.50. The summed E-state index contributed by atoms with van der Waals surface area (Å²) in [5.74, 6) is 2.65. The molecule has 10 heteroatoms. The van der Waals surface area contributed by atoms with Crippen molar-refractivity contribution < 1.29 is 19.0 Å². The molecule has 3 aromatic carbocycles. The maximum Gasteiger partial charge on any atom is 0.252 e. The van der Waals surface area contributed by atoms with Gasteiger partial charge < -0.3 is 19.5 Å². The van der Waals surface area contributed by atoms with Crippen LogP contribution in [-0.4, -0.2) is 72.1 Å². The number of hydrogen-bond donors (Lipinski definition) is 1. The lowest BCUT2D eigenvalue weighted by atomic mass is 9.87. The second kappa shape index (κ2) is 12.2. The lowest BCUT2D eigenvalue weighted by Crippen LogP contribution is -2.52. The minimum atomic E-state index is -0.154. The molecular weight excluding hydrogens is 508 g/mol. The minimum absolute atomic E-state index is 0.117. The number of ether oxygens (including phenoxy) is 3.